The zero-order valence-corrected chi connectivity index (χ0v) is 32.1. The predicted octanol–water partition coefficient (Wildman–Crippen LogP) is 6.69. The summed E-state index contributed by atoms with van der Waals surface area (Å²) >= 11 is 0. The molecule has 0 saturated heterocycles. The molecule has 0 N–H and O–H groups in total. The Bertz CT molecular complexity index is 897. The second kappa shape index (κ2) is 30.6. The van der Waals surface area contributed by atoms with Crippen LogP contribution in [-0.4, -0.2) is 99.1 Å². The van der Waals surface area contributed by atoms with Crippen LogP contribution in [-0.2, 0) is 47.7 Å². The van der Waals surface area contributed by atoms with E-state index in [1.165, 1.54) is 89.6 Å². The van der Waals surface area contributed by atoms with E-state index in [-0.39, 0.29) is 37.7 Å². The molecule has 0 rings (SSSR count). The lowest BCUT2D eigenvalue weighted by Crippen LogP contribution is -2.53. The molecule has 290 valence electrons. The summed E-state index contributed by atoms with van der Waals surface area (Å²) in [5, 5.41) is 0. The van der Waals surface area contributed by atoms with Gasteiger partial charge >= 0.3 is 23.9 Å². The molecule has 0 unspecified atom stereocenters. The van der Waals surface area contributed by atoms with E-state index >= 15 is 0 Å². The van der Waals surface area contributed by atoms with Crippen LogP contribution in [0.2, 0.25) is 0 Å². The molecular formula is C38H68N2O10. The van der Waals surface area contributed by atoms with E-state index in [1.807, 2.05) is 0 Å². The number of unbranched alkanes of at least 4 members (excludes halogenated alkanes) is 16. The van der Waals surface area contributed by atoms with Gasteiger partial charge in [0.25, 0.3) is 0 Å². The van der Waals surface area contributed by atoms with Crippen molar-refractivity contribution in [3.8, 4) is 0 Å². The number of hydrogen-bond acceptors (Lipinski definition) is 10. The molecule has 0 bridgehead atoms. The smallest absolute Gasteiger partial charge is 0.329 e. The van der Waals surface area contributed by atoms with Crippen molar-refractivity contribution in [3.05, 3.63) is 0 Å². The average Bonchev–Trinajstić information content (AvgIpc) is 3.12. The van der Waals surface area contributed by atoms with Crippen molar-refractivity contribution in [2.45, 2.75) is 167 Å². The summed E-state index contributed by atoms with van der Waals surface area (Å²) < 4.78 is 19.5. The Kier molecular flexibility index (Phi) is 28.7. The molecule has 2 amide bonds. The highest BCUT2D eigenvalue weighted by Gasteiger charge is 2.37. The Balaban J connectivity index is 5.92. The second-order valence-corrected chi connectivity index (χ2v) is 13.0. The predicted molar refractivity (Wildman–Crippen MR) is 192 cm³/mol. The first-order valence-electron chi connectivity index (χ1n) is 19.0. The lowest BCUT2D eigenvalue weighted by atomic mass is 10.0. The van der Waals surface area contributed by atoms with Crippen LogP contribution in [0.5, 0.6) is 0 Å². The van der Waals surface area contributed by atoms with Gasteiger partial charge in [-0.05, 0) is 12.8 Å². The molecule has 0 aliphatic carbocycles. The van der Waals surface area contributed by atoms with Gasteiger partial charge in [0, 0.05) is 25.9 Å². The van der Waals surface area contributed by atoms with Crippen molar-refractivity contribution < 1.29 is 47.7 Å². The number of esters is 4. The fraction of sp³-hybridized carbons (Fsp3) is 0.842. The van der Waals surface area contributed by atoms with Crippen LogP contribution < -0.4 is 0 Å². The lowest BCUT2D eigenvalue weighted by molar-refractivity contribution is -0.160. The van der Waals surface area contributed by atoms with Gasteiger partial charge in [-0.3, -0.25) is 19.2 Å². The van der Waals surface area contributed by atoms with Crippen molar-refractivity contribution in [1.29, 1.82) is 0 Å². The Labute approximate surface area is 301 Å². The van der Waals surface area contributed by atoms with Gasteiger partial charge in [-0.1, -0.05) is 117 Å². The van der Waals surface area contributed by atoms with Crippen molar-refractivity contribution in [1.82, 2.24) is 9.80 Å². The highest BCUT2D eigenvalue weighted by molar-refractivity contribution is 5.89. The van der Waals surface area contributed by atoms with Crippen LogP contribution in [0.1, 0.15) is 155 Å². The Morgan fingerprint density at radius 2 is 0.700 bits per heavy atom. The summed E-state index contributed by atoms with van der Waals surface area (Å²) in [5.74, 6) is -3.80. The third kappa shape index (κ3) is 21.1. The monoisotopic (exact) mass is 712 g/mol. The molecule has 0 aliphatic rings. The number of carbonyl (C=O) groups excluding carboxylic acids is 6. The third-order valence-electron chi connectivity index (χ3n) is 9.09. The van der Waals surface area contributed by atoms with E-state index < -0.39 is 48.8 Å². The molecule has 0 fully saturated rings. The molecule has 12 heteroatoms. The van der Waals surface area contributed by atoms with E-state index in [1.54, 1.807) is 0 Å². The Hall–Kier alpha value is -3.18. The summed E-state index contributed by atoms with van der Waals surface area (Å²) in [5.41, 5.74) is 0. The summed E-state index contributed by atoms with van der Waals surface area (Å²) in [6.07, 6.45) is 18.4. The number of nitrogens with zero attached hydrogens (tertiary/aromatic N) is 2. The van der Waals surface area contributed by atoms with Crippen molar-refractivity contribution >= 4 is 35.7 Å². The first-order chi connectivity index (χ1) is 24.1. The largest absolute Gasteiger partial charge is 0.469 e. The SMILES string of the molecule is CCCCCCCCCCCC(=O)N(CCN(C(=O)CCCCCCCCCCC)[C@@H](CC(=O)OC)C(=O)OC)[C@@H](CC(=O)OC)C(=O)OC. The fourth-order valence-electron chi connectivity index (χ4n) is 5.98. The average molecular weight is 713 g/mol. The number of hydrogen-bond donors (Lipinski definition) is 0. The maximum atomic E-state index is 13.7. The van der Waals surface area contributed by atoms with Gasteiger partial charge < -0.3 is 28.7 Å². The maximum absolute atomic E-state index is 13.7. The molecule has 0 saturated carbocycles. The van der Waals surface area contributed by atoms with Gasteiger partial charge in [0.05, 0.1) is 41.3 Å². The van der Waals surface area contributed by atoms with Crippen molar-refractivity contribution in [2.75, 3.05) is 41.5 Å². The minimum atomic E-state index is -1.30. The molecule has 0 spiro atoms. The normalized spacial score (nSPS) is 12.0. The van der Waals surface area contributed by atoms with Crippen LogP contribution in [0.15, 0.2) is 0 Å². The van der Waals surface area contributed by atoms with Gasteiger partial charge in [0.15, 0.2) is 0 Å². The van der Waals surface area contributed by atoms with Gasteiger partial charge in [-0.15, -0.1) is 0 Å². The zero-order valence-electron chi connectivity index (χ0n) is 32.1. The molecule has 0 heterocycles. The zero-order chi connectivity index (χ0) is 37.6. The van der Waals surface area contributed by atoms with Gasteiger partial charge in [-0.25, -0.2) is 9.59 Å². The Morgan fingerprint density at radius 3 is 0.960 bits per heavy atom. The molecule has 0 aromatic carbocycles. The number of amides is 2. The van der Waals surface area contributed by atoms with Gasteiger partial charge in [0.1, 0.15) is 12.1 Å². The minimum Gasteiger partial charge on any atom is -0.469 e. The highest BCUT2D eigenvalue weighted by Crippen LogP contribution is 2.18. The van der Waals surface area contributed by atoms with Gasteiger partial charge in [0.2, 0.25) is 11.8 Å². The second-order valence-electron chi connectivity index (χ2n) is 13.0. The van der Waals surface area contributed by atoms with Crippen molar-refractivity contribution in [2.24, 2.45) is 0 Å². The summed E-state index contributed by atoms with van der Waals surface area (Å²) in [6, 6.07) is -2.60. The third-order valence-corrected chi connectivity index (χ3v) is 9.09. The molecule has 0 aromatic heterocycles. The molecule has 0 aromatic rings. The Morgan fingerprint density at radius 1 is 0.420 bits per heavy atom. The van der Waals surface area contributed by atoms with E-state index in [4.69, 9.17) is 18.9 Å². The summed E-state index contributed by atoms with van der Waals surface area (Å²) in [6.45, 7) is 3.99. The van der Waals surface area contributed by atoms with Crippen LogP contribution >= 0.6 is 0 Å². The number of methoxy groups -OCH3 is 4. The van der Waals surface area contributed by atoms with E-state index in [9.17, 15) is 28.8 Å². The topological polar surface area (TPSA) is 146 Å². The minimum absolute atomic E-state index is 0.124. The number of ether oxygens (including phenoxy) is 4. The quantitative estimate of drug-likeness (QED) is 0.0433. The first kappa shape index (κ1) is 46.8. The van der Waals surface area contributed by atoms with E-state index in [0.29, 0.717) is 12.8 Å². The van der Waals surface area contributed by atoms with Crippen molar-refractivity contribution in [3.63, 3.8) is 0 Å². The summed E-state index contributed by atoms with van der Waals surface area (Å²) in [4.78, 5) is 80.5. The molecule has 2 atom stereocenters. The fourth-order valence-corrected chi connectivity index (χ4v) is 5.98. The summed E-state index contributed by atoms with van der Waals surface area (Å²) in [7, 11) is 4.71. The highest BCUT2D eigenvalue weighted by atomic mass is 16.5. The number of rotatable bonds is 31. The molecule has 0 radical (unpaired) electrons. The molecule has 12 nitrogen and oxygen atoms in total. The maximum Gasteiger partial charge on any atom is 0.329 e. The molecule has 0 aliphatic heterocycles. The standard InChI is InChI=1S/C38H68N2O10/c1-7-9-11-13-15-17-19-21-23-25-33(41)39(31(37(45)49-5)29-35(43)47-3)27-28-40(32(38(46)50-6)30-36(44)48-4)34(42)26-24-22-20-18-16-14-12-10-8-2/h31-32H,7-30H2,1-6H3/t31-,32-/m0/s1. The molecule has 50 heavy (non-hydrogen) atoms. The van der Waals surface area contributed by atoms with E-state index in [0.717, 1.165) is 51.4 Å². The van der Waals surface area contributed by atoms with E-state index in [2.05, 4.69) is 13.8 Å². The number of carbonyl (C=O) groups is 6. The molecular weight excluding hydrogens is 644 g/mol. The lowest BCUT2D eigenvalue weighted by Gasteiger charge is -2.34. The van der Waals surface area contributed by atoms with Crippen LogP contribution in [0.4, 0.5) is 0 Å². The van der Waals surface area contributed by atoms with Crippen LogP contribution in [0.25, 0.3) is 0 Å². The van der Waals surface area contributed by atoms with Gasteiger partial charge in [-0.2, -0.15) is 0 Å². The van der Waals surface area contributed by atoms with Crippen LogP contribution in [0, 0.1) is 0 Å². The first-order valence-corrected chi connectivity index (χ1v) is 19.0. The van der Waals surface area contributed by atoms with Crippen LogP contribution in [0.3, 0.4) is 0 Å².